The third-order valence-electron chi connectivity index (χ3n) is 6.71. The van der Waals surface area contributed by atoms with Crippen molar-refractivity contribution in [3.8, 4) is 0 Å². The van der Waals surface area contributed by atoms with Crippen molar-refractivity contribution < 1.29 is 9.53 Å². The number of aromatic nitrogens is 2. The molecule has 2 aromatic rings. The average Bonchev–Trinajstić information content (AvgIpc) is 3.38. The number of amides is 1. The Morgan fingerprint density at radius 1 is 1.25 bits per heavy atom. The first kappa shape index (κ1) is 19.2. The Kier molecular flexibility index (Phi) is 5.54. The van der Waals surface area contributed by atoms with E-state index in [2.05, 4.69) is 35.4 Å². The lowest BCUT2D eigenvalue weighted by molar-refractivity contribution is 0.0133. The van der Waals surface area contributed by atoms with Gasteiger partial charge in [0.1, 0.15) is 0 Å². The summed E-state index contributed by atoms with van der Waals surface area (Å²) in [6.07, 6.45) is 9.29. The standard InChI is InChI=1S/C23H31N3O2/c1-25-16-20(15-24-25)22(27)26-12-10-23(11-13-26,17-28-2)9-8-19-14-21(19)18-6-4-3-5-7-18/h3-7,15-16,19,21H,8-14,17H2,1-2H3/t19-,21?/m1/s1. The molecule has 1 aromatic heterocycles. The van der Waals surface area contributed by atoms with Crippen LogP contribution in [0.2, 0.25) is 0 Å². The first-order valence-corrected chi connectivity index (χ1v) is 10.4. The minimum Gasteiger partial charge on any atom is -0.384 e. The Bertz CT molecular complexity index is 793. The van der Waals surface area contributed by atoms with Crippen molar-refractivity contribution in [3.05, 3.63) is 53.9 Å². The Hall–Kier alpha value is -2.14. The maximum Gasteiger partial charge on any atom is 0.257 e. The summed E-state index contributed by atoms with van der Waals surface area (Å²) in [7, 11) is 3.65. The van der Waals surface area contributed by atoms with E-state index in [-0.39, 0.29) is 11.3 Å². The van der Waals surface area contributed by atoms with E-state index in [0.717, 1.165) is 44.4 Å². The minimum atomic E-state index is 0.102. The van der Waals surface area contributed by atoms with E-state index in [4.69, 9.17) is 4.74 Å². The smallest absolute Gasteiger partial charge is 0.257 e. The molecule has 2 aliphatic rings. The minimum absolute atomic E-state index is 0.102. The molecule has 0 radical (unpaired) electrons. The van der Waals surface area contributed by atoms with Gasteiger partial charge < -0.3 is 9.64 Å². The Balaban J connectivity index is 1.31. The second-order valence-electron chi connectivity index (χ2n) is 8.68. The topological polar surface area (TPSA) is 47.4 Å². The van der Waals surface area contributed by atoms with Gasteiger partial charge in [-0.25, -0.2) is 0 Å². The van der Waals surface area contributed by atoms with Crippen LogP contribution >= 0.6 is 0 Å². The van der Waals surface area contributed by atoms with Crippen LogP contribution in [0, 0.1) is 11.3 Å². The molecule has 1 saturated heterocycles. The van der Waals surface area contributed by atoms with Crippen LogP contribution in [0.15, 0.2) is 42.7 Å². The van der Waals surface area contributed by atoms with Crippen LogP contribution in [0.1, 0.15) is 53.9 Å². The molecule has 4 rings (SSSR count). The number of piperidine rings is 1. The van der Waals surface area contributed by atoms with Gasteiger partial charge in [-0.15, -0.1) is 0 Å². The van der Waals surface area contributed by atoms with Gasteiger partial charge in [0.25, 0.3) is 5.91 Å². The summed E-state index contributed by atoms with van der Waals surface area (Å²) in [5.74, 6) is 1.66. The molecule has 1 unspecified atom stereocenters. The normalized spacial score (nSPS) is 23.6. The van der Waals surface area contributed by atoms with Crippen molar-refractivity contribution in [2.24, 2.45) is 18.4 Å². The number of carbonyl (C=O) groups excluding carboxylic acids is 1. The number of rotatable bonds is 7. The van der Waals surface area contributed by atoms with Gasteiger partial charge in [-0.3, -0.25) is 9.48 Å². The molecule has 5 heteroatoms. The van der Waals surface area contributed by atoms with Gasteiger partial charge in [0.05, 0.1) is 18.4 Å². The van der Waals surface area contributed by atoms with E-state index in [1.807, 2.05) is 11.9 Å². The number of nitrogens with zero attached hydrogens (tertiary/aromatic N) is 3. The highest BCUT2D eigenvalue weighted by Crippen LogP contribution is 2.52. The summed E-state index contributed by atoms with van der Waals surface area (Å²) in [5.41, 5.74) is 2.39. The SMILES string of the molecule is COCC1(CC[C@@H]2CC2c2ccccc2)CCN(C(=O)c2cnn(C)c2)CC1. The number of carbonyl (C=O) groups is 1. The van der Waals surface area contributed by atoms with Crippen LogP contribution in [0.4, 0.5) is 0 Å². The van der Waals surface area contributed by atoms with E-state index in [0.29, 0.717) is 5.56 Å². The van der Waals surface area contributed by atoms with Gasteiger partial charge in [-0.1, -0.05) is 30.3 Å². The number of ether oxygens (including phenoxy) is 1. The van der Waals surface area contributed by atoms with Gasteiger partial charge in [-0.05, 0) is 54.9 Å². The third kappa shape index (κ3) is 4.14. The van der Waals surface area contributed by atoms with E-state index in [9.17, 15) is 4.79 Å². The van der Waals surface area contributed by atoms with Gasteiger partial charge in [0.2, 0.25) is 0 Å². The summed E-state index contributed by atoms with van der Waals surface area (Å²) < 4.78 is 7.30. The molecular formula is C23H31N3O2. The Morgan fingerprint density at radius 3 is 2.64 bits per heavy atom. The molecule has 2 fully saturated rings. The number of likely N-dealkylation sites (tertiary alicyclic amines) is 1. The van der Waals surface area contributed by atoms with Crippen molar-refractivity contribution in [2.45, 2.75) is 38.0 Å². The summed E-state index contributed by atoms with van der Waals surface area (Å²) in [6, 6.07) is 10.9. The number of aryl methyl sites for hydroxylation is 1. The highest BCUT2D eigenvalue weighted by atomic mass is 16.5. The van der Waals surface area contributed by atoms with Crippen LogP contribution in [0.25, 0.3) is 0 Å². The molecular weight excluding hydrogens is 350 g/mol. The highest BCUT2D eigenvalue weighted by Gasteiger charge is 2.42. The van der Waals surface area contributed by atoms with Gasteiger partial charge in [0, 0.05) is 33.4 Å². The lowest BCUT2D eigenvalue weighted by Crippen LogP contribution is -2.45. The van der Waals surface area contributed by atoms with E-state index in [1.54, 1.807) is 24.2 Å². The molecule has 1 aliphatic heterocycles. The van der Waals surface area contributed by atoms with E-state index < -0.39 is 0 Å². The van der Waals surface area contributed by atoms with Gasteiger partial charge in [-0.2, -0.15) is 5.10 Å². The Labute approximate surface area is 167 Å². The monoisotopic (exact) mass is 381 g/mol. The largest absolute Gasteiger partial charge is 0.384 e. The molecule has 1 aromatic carbocycles. The zero-order valence-electron chi connectivity index (χ0n) is 17.0. The van der Waals surface area contributed by atoms with Crippen molar-refractivity contribution in [1.29, 1.82) is 0 Å². The molecule has 1 aliphatic carbocycles. The second kappa shape index (κ2) is 8.08. The fraction of sp³-hybridized carbons (Fsp3) is 0.565. The van der Waals surface area contributed by atoms with Gasteiger partial charge in [0.15, 0.2) is 0 Å². The van der Waals surface area contributed by atoms with Crippen molar-refractivity contribution in [2.75, 3.05) is 26.8 Å². The van der Waals surface area contributed by atoms with Crippen LogP contribution in [-0.2, 0) is 11.8 Å². The summed E-state index contributed by atoms with van der Waals surface area (Å²) >= 11 is 0. The van der Waals surface area contributed by atoms with Crippen molar-refractivity contribution in [1.82, 2.24) is 14.7 Å². The summed E-state index contributed by atoms with van der Waals surface area (Å²) in [6.45, 7) is 2.42. The third-order valence-corrected chi connectivity index (χ3v) is 6.71. The molecule has 0 N–H and O–H groups in total. The molecule has 5 nitrogen and oxygen atoms in total. The lowest BCUT2D eigenvalue weighted by Gasteiger charge is -2.41. The number of benzene rings is 1. The zero-order valence-corrected chi connectivity index (χ0v) is 17.0. The molecule has 2 atom stereocenters. The highest BCUT2D eigenvalue weighted by molar-refractivity contribution is 5.93. The first-order chi connectivity index (χ1) is 13.6. The van der Waals surface area contributed by atoms with E-state index in [1.165, 1.54) is 24.8 Å². The molecule has 150 valence electrons. The first-order valence-electron chi connectivity index (χ1n) is 10.4. The second-order valence-corrected chi connectivity index (χ2v) is 8.68. The van der Waals surface area contributed by atoms with Crippen LogP contribution in [0.3, 0.4) is 0 Å². The molecule has 0 bridgehead atoms. The number of hydrogen-bond donors (Lipinski definition) is 0. The summed E-state index contributed by atoms with van der Waals surface area (Å²) in [5, 5.41) is 4.13. The Morgan fingerprint density at radius 2 is 2.00 bits per heavy atom. The quantitative estimate of drug-likeness (QED) is 0.731. The predicted octanol–water partition coefficient (Wildman–Crippen LogP) is 3.87. The van der Waals surface area contributed by atoms with Gasteiger partial charge >= 0.3 is 0 Å². The van der Waals surface area contributed by atoms with Crippen LogP contribution in [-0.4, -0.2) is 47.4 Å². The summed E-state index contributed by atoms with van der Waals surface area (Å²) in [4.78, 5) is 14.7. The maximum absolute atomic E-state index is 12.7. The van der Waals surface area contributed by atoms with Crippen molar-refractivity contribution >= 4 is 5.91 Å². The van der Waals surface area contributed by atoms with Crippen LogP contribution in [0.5, 0.6) is 0 Å². The fourth-order valence-corrected chi connectivity index (χ4v) is 4.84. The maximum atomic E-state index is 12.7. The molecule has 1 saturated carbocycles. The molecule has 28 heavy (non-hydrogen) atoms. The van der Waals surface area contributed by atoms with E-state index >= 15 is 0 Å². The fourth-order valence-electron chi connectivity index (χ4n) is 4.84. The predicted molar refractivity (Wildman–Crippen MR) is 109 cm³/mol. The zero-order chi connectivity index (χ0) is 19.6. The van der Waals surface area contributed by atoms with Crippen molar-refractivity contribution in [3.63, 3.8) is 0 Å². The molecule has 2 heterocycles. The molecule has 1 amide bonds. The lowest BCUT2D eigenvalue weighted by atomic mass is 9.74. The average molecular weight is 382 g/mol. The van der Waals surface area contributed by atoms with Crippen LogP contribution < -0.4 is 0 Å². The number of methoxy groups -OCH3 is 1. The number of hydrogen-bond acceptors (Lipinski definition) is 3. The molecule has 0 spiro atoms.